The van der Waals surface area contributed by atoms with Gasteiger partial charge in [0, 0.05) is 25.8 Å². The molecule has 0 bridgehead atoms. The standard InChI is InChI=1S/C28H27N7O2/c1-34-23-22(33-25(34)26(36)31-20-11-10-17-6-2-3-7-18(17)20)24(30-16-29-23)35-14-12-28(13-15-35)19-8-4-5-9-21(19)32-27(28)37/h2-9,16,20H,10-15H2,1H3,(H,31,36)(H,32,37). The molecule has 1 fully saturated rings. The van der Waals surface area contributed by atoms with Crippen LogP contribution < -0.4 is 15.5 Å². The third-order valence-corrected chi connectivity index (χ3v) is 8.32. The minimum absolute atomic E-state index is 0.0206. The molecule has 1 spiro atoms. The zero-order valence-corrected chi connectivity index (χ0v) is 20.6. The maximum Gasteiger partial charge on any atom is 0.287 e. The fraction of sp³-hybridized carbons (Fsp3) is 0.321. The Balaban J connectivity index is 1.16. The predicted octanol–water partition coefficient (Wildman–Crippen LogP) is 3.27. The fourth-order valence-corrected chi connectivity index (χ4v) is 6.32. The average molecular weight is 494 g/mol. The van der Waals surface area contributed by atoms with Crippen LogP contribution in [0.25, 0.3) is 11.2 Å². The molecule has 0 saturated carbocycles. The first-order valence-electron chi connectivity index (χ1n) is 12.8. The Morgan fingerprint density at radius 2 is 1.86 bits per heavy atom. The SMILES string of the molecule is Cn1c(C(=O)NC2CCc3ccccc32)nc2c(N3CCC4(CC3)C(=O)Nc3ccccc34)ncnc21. The van der Waals surface area contributed by atoms with E-state index in [2.05, 4.69) is 43.7 Å². The number of imidazole rings is 1. The van der Waals surface area contributed by atoms with Crippen molar-refractivity contribution in [3.63, 3.8) is 0 Å². The molecule has 2 amide bonds. The minimum atomic E-state index is -0.508. The zero-order chi connectivity index (χ0) is 25.1. The van der Waals surface area contributed by atoms with Gasteiger partial charge in [0.2, 0.25) is 11.7 Å². The van der Waals surface area contributed by atoms with E-state index >= 15 is 0 Å². The Bertz CT molecular complexity index is 1570. The van der Waals surface area contributed by atoms with E-state index in [1.54, 1.807) is 4.57 Å². The number of para-hydroxylation sites is 1. The fourth-order valence-electron chi connectivity index (χ4n) is 6.32. The lowest BCUT2D eigenvalue weighted by molar-refractivity contribution is -0.121. The number of aromatic nitrogens is 4. The first-order valence-corrected chi connectivity index (χ1v) is 12.8. The maximum atomic E-state index is 13.3. The largest absolute Gasteiger partial charge is 0.355 e. The topological polar surface area (TPSA) is 105 Å². The second-order valence-corrected chi connectivity index (χ2v) is 10.2. The highest BCUT2D eigenvalue weighted by Gasteiger charge is 2.48. The van der Waals surface area contributed by atoms with Crippen molar-refractivity contribution in [3.8, 4) is 0 Å². The molecule has 4 heterocycles. The van der Waals surface area contributed by atoms with Gasteiger partial charge in [-0.2, -0.15) is 0 Å². The van der Waals surface area contributed by atoms with E-state index in [4.69, 9.17) is 4.98 Å². The summed E-state index contributed by atoms with van der Waals surface area (Å²) >= 11 is 0. The van der Waals surface area contributed by atoms with E-state index in [1.807, 2.05) is 37.4 Å². The highest BCUT2D eigenvalue weighted by molar-refractivity contribution is 6.06. The summed E-state index contributed by atoms with van der Waals surface area (Å²) in [6.07, 6.45) is 4.73. The van der Waals surface area contributed by atoms with Crippen molar-refractivity contribution in [1.29, 1.82) is 0 Å². The van der Waals surface area contributed by atoms with Crippen LogP contribution in [0.2, 0.25) is 0 Å². The highest BCUT2D eigenvalue weighted by Crippen LogP contribution is 2.45. The van der Waals surface area contributed by atoms with Crippen LogP contribution in [0, 0.1) is 0 Å². The molecule has 1 unspecified atom stereocenters. The summed E-state index contributed by atoms with van der Waals surface area (Å²) in [6, 6.07) is 16.2. The van der Waals surface area contributed by atoms with Gasteiger partial charge in [-0.3, -0.25) is 9.59 Å². The van der Waals surface area contributed by atoms with E-state index in [9.17, 15) is 9.59 Å². The molecule has 2 N–H and O–H groups in total. The molecule has 7 rings (SSSR count). The van der Waals surface area contributed by atoms with E-state index < -0.39 is 5.41 Å². The smallest absolute Gasteiger partial charge is 0.287 e. The van der Waals surface area contributed by atoms with Crippen molar-refractivity contribution in [2.75, 3.05) is 23.3 Å². The number of carbonyl (C=O) groups excluding carboxylic acids is 2. The maximum absolute atomic E-state index is 13.3. The monoisotopic (exact) mass is 493 g/mol. The Hall–Kier alpha value is -4.27. The molecule has 1 saturated heterocycles. The van der Waals surface area contributed by atoms with Crippen molar-refractivity contribution >= 4 is 34.5 Å². The van der Waals surface area contributed by atoms with Gasteiger partial charge in [-0.15, -0.1) is 0 Å². The van der Waals surface area contributed by atoms with Crippen LogP contribution in [-0.4, -0.2) is 44.4 Å². The molecule has 3 aliphatic rings. The van der Waals surface area contributed by atoms with Gasteiger partial charge in [0.15, 0.2) is 17.0 Å². The number of amides is 2. The number of aryl methyl sites for hydroxylation is 2. The number of benzene rings is 2. The summed E-state index contributed by atoms with van der Waals surface area (Å²) in [6.45, 7) is 1.32. The second-order valence-electron chi connectivity index (χ2n) is 10.2. The quantitative estimate of drug-likeness (QED) is 0.454. The van der Waals surface area contributed by atoms with Gasteiger partial charge in [-0.25, -0.2) is 15.0 Å². The van der Waals surface area contributed by atoms with Crippen LogP contribution in [0.3, 0.4) is 0 Å². The number of rotatable bonds is 3. The molecule has 9 nitrogen and oxygen atoms in total. The third kappa shape index (κ3) is 3.26. The molecule has 37 heavy (non-hydrogen) atoms. The normalized spacial score (nSPS) is 19.6. The number of hydrogen-bond donors (Lipinski definition) is 2. The van der Waals surface area contributed by atoms with Crippen LogP contribution in [0.5, 0.6) is 0 Å². The van der Waals surface area contributed by atoms with Gasteiger partial charge in [0.25, 0.3) is 5.91 Å². The number of fused-ring (bicyclic) bond motifs is 4. The Morgan fingerprint density at radius 1 is 1.08 bits per heavy atom. The van der Waals surface area contributed by atoms with Crippen LogP contribution >= 0.6 is 0 Å². The summed E-state index contributed by atoms with van der Waals surface area (Å²) in [7, 11) is 1.81. The van der Waals surface area contributed by atoms with Gasteiger partial charge in [0.1, 0.15) is 6.33 Å². The number of hydrogen-bond acceptors (Lipinski definition) is 6. The van der Waals surface area contributed by atoms with Gasteiger partial charge in [0.05, 0.1) is 11.5 Å². The number of nitrogens with zero attached hydrogens (tertiary/aromatic N) is 5. The summed E-state index contributed by atoms with van der Waals surface area (Å²) in [5.41, 5.74) is 5.17. The van der Waals surface area contributed by atoms with E-state index in [0.717, 1.165) is 24.1 Å². The lowest BCUT2D eigenvalue weighted by Gasteiger charge is -2.38. The lowest BCUT2D eigenvalue weighted by atomic mass is 9.73. The molecule has 2 aromatic heterocycles. The van der Waals surface area contributed by atoms with E-state index in [-0.39, 0.29) is 17.9 Å². The summed E-state index contributed by atoms with van der Waals surface area (Å²) < 4.78 is 1.74. The van der Waals surface area contributed by atoms with Crippen molar-refractivity contribution in [3.05, 3.63) is 77.4 Å². The molecule has 0 radical (unpaired) electrons. The van der Waals surface area contributed by atoms with Crippen LogP contribution in [0.15, 0.2) is 54.9 Å². The molecular formula is C28H27N7O2. The summed E-state index contributed by atoms with van der Waals surface area (Å²) in [4.78, 5) is 42.2. The first-order chi connectivity index (χ1) is 18.0. The van der Waals surface area contributed by atoms with Crippen LogP contribution in [0.4, 0.5) is 11.5 Å². The number of carbonyl (C=O) groups is 2. The van der Waals surface area contributed by atoms with Gasteiger partial charge < -0.3 is 20.1 Å². The Kier molecular flexibility index (Phi) is 4.82. The molecule has 9 heteroatoms. The van der Waals surface area contributed by atoms with Gasteiger partial charge in [-0.1, -0.05) is 42.5 Å². The molecule has 1 atom stereocenters. The first kappa shape index (κ1) is 22.0. The van der Waals surface area contributed by atoms with Crippen molar-refractivity contribution in [2.45, 2.75) is 37.1 Å². The predicted molar refractivity (Wildman–Crippen MR) is 139 cm³/mol. The zero-order valence-electron chi connectivity index (χ0n) is 20.6. The average Bonchev–Trinajstić information content (AvgIpc) is 3.57. The van der Waals surface area contributed by atoms with E-state index in [1.165, 1.54) is 17.5 Å². The minimum Gasteiger partial charge on any atom is -0.355 e. The Morgan fingerprint density at radius 3 is 2.73 bits per heavy atom. The number of piperidine rings is 1. The van der Waals surface area contributed by atoms with Crippen LogP contribution in [0.1, 0.15) is 52.6 Å². The summed E-state index contributed by atoms with van der Waals surface area (Å²) in [5, 5.41) is 6.23. The molecular weight excluding hydrogens is 466 g/mol. The lowest BCUT2D eigenvalue weighted by Crippen LogP contribution is -2.46. The third-order valence-electron chi connectivity index (χ3n) is 8.32. The highest BCUT2D eigenvalue weighted by atomic mass is 16.2. The number of nitrogens with one attached hydrogen (secondary N) is 2. The summed E-state index contributed by atoms with van der Waals surface area (Å²) in [5.74, 6) is 0.877. The molecule has 186 valence electrons. The molecule has 2 aromatic carbocycles. The van der Waals surface area contributed by atoms with Crippen molar-refractivity contribution in [1.82, 2.24) is 24.8 Å². The van der Waals surface area contributed by atoms with Gasteiger partial charge in [-0.05, 0) is 48.4 Å². The second kappa shape index (κ2) is 8.12. The van der Waals surface area contributed by atoms with Gasteiger partial charge >= 0.3 is 0 Å². The molecule has 1 aliphatic carbocycles. The van der Waals surface area contributed by atoms with Crippen molar-refractivity contribution in [2.24, 2.45) is 7.05 Å². The van der Waals surface area contributed by atoms with Crippen molar-refractivity contribution < 1.29 is 9.59 Å². The number of anilines is 2. The Labute approximate surface area is 213 Å². The van der Waals surface area contributed by atoms with E-state index in [0.29, 0.717) is 48.7 Å². The molecule has 4 aromatic rings. The van der Waals surface area contributed by atoms with Crippen LogP contribution in [-0.2, 0) is 23.7 Å². The molecule has 2 aliphatic heterocycles.